The second-order valence-electron chi connectivity index (χ2n) is 3.27. The number of ether oxygens (including phenoxy) is 2. The Bertz CT molecular complexity index is 537. The molecule has 1 aromatic heterocycles. The number of hydrogen-bond donors (Lipinski definition) is 0. The van der Waals surface area contributed by atoms with Crippen LogP contribution in [-0.2, 0) is 4.74 Å². The van der Waals surface area contributed by atoms with E-state index in [0.29, 0.717) is 11.3 Å². The zero-order valence-corrected chi connectivity index (χ0v) is 9.06. The van der Waals surface area contributed by atoms with E-state index in [1.54, 1.807) is 31.6 Å². The van der Waals surface area contributed by atoms with E-state index in [1.807, 2.05) is 6.07 Å². The lowest BCUT2D eigenvalue weighted by molar-refractivity contribution is 0.0601. The van der Waals surface area contributed by atoms with Crippen LogP contribution in [-0.4, -0.2) is 25.2 Å². The normalized spacial score (nSPS) is 10.1. The van der Waals surface area contributed by atoms with Gasteiger partial charge in [0, 0.05) is 17.0 Å². The molecule has 0 radical (unpaired) electrons. The van der Waals surface area contributed by atoms with Gasteiger partial charge in [-0.25, -0.2) is 4.79 Å². The highest BCUT2D eigenvalue weighted by Crippen LogP contribution is 2.25. The van der Waals surface area contributed by atoms with Gasteiger partial charge in [-0.1, -0.05) is 6.07 Å². The summed E-state index contributed by atoms with van der Waals surface area (Å²) in [5, 5.41) is 1.77. The highest BCUT2D eigenvalue weighted by molar-refractivity contribution is 5.97. The van der Waals surface area contributed by atoms with Crippen molar-refractivity contribution in [3.8, 4) is 5.75 Å². The molecule has 1 heterocycles. The van der Waals surface area contributed by atoms with Gasteiger partial charge in [0.05, 0.1) is 26.0 Å². The molecule has 0 aliphatic heterocycles. The average Bonchev–Trinajstić information content (AvgIpc) is 2.36. The van der Waals surface area contributed by atoms with Gasteiger partial charge in [0.25, 0.3) is 0 Å². The van der Waals surface area contributed by atoms with E-state index >= 15 is 0 Å². The Kier molecular flexibility index (Phi) is 2.72. The molecule has 0 N–H and O–H groups in total. The van der Waals surface area contributed by atoms with Gasteiger partial charge in [-0.05, 0) is 12.1 Å². The number of methoxy groups -OCH3 is 2. The highest BCUT2D eigenvalue weighted by atomic mass is 16.5. The third-order valence-electron chi connectivity index (χ3n) is 2.37. The van der Waals surface area contributed by atoms with Gasteiger partial charge in [-0.2, -0.15) is 0 Å². The molecule has 0 unspecified atom stereocenters. The van der Waals surface area contributed by atoms with Crippen LogP contribution in [0.25, 0.3) is 10.8 Å². The summed E-state index contributed by atoms with van der Waals surface area (Å²) in [6.45, 7) is 0. The van der Waals surface area contributed by atoms with Crippen LogP contribution >= 0.6 is 0 Å². The number of benzene rings is 1. The van der Waals surface area contributed by atoms with E-state index in [1.165, 1.54) is 7.11 Å². The Morgan fingerprint density at radius 1 is 1.25 bits per heavy atom. The van der Waals surface area contributed by atoms with Crippen molar-refractivity contribution >= 4 is 16.7 Å². The second-order valence-corrected chi connectivity index (χ2v) is 3.27. The van der Waals surface area contributed by atoms with E-state index in [4.69, 9.17) is 4.74 Å². The summed E-state index contributed by atoms with van der Waals surface area (Å²) < 4.78 is 9.84. The first-order valence-electron chi connectivity index (χ1n) is 4.76. The van der Waals surface area contributed by atoms with Gasteiger partial charge < -0.3 is 9.47 Å². The molecule has 0 saturated heterocycles. The van der Waals surface area contributed by atoms with Crippen LogP contribution in [0.15, 0.2) is 30.6 Å². The molecule has 0 aliphatic carbocycles. The molecule has 1 aromatic carbocycles. The summed E-state index contributed by atoms with van der Waals surface area (Å²) in [4.78, 5) is 15.4. The van der Waals surface area contributed by atoms with Crippen molar-refractivity contribution in [3.63, 3.8) is 0 Å². The summed E-state index contributed by atoms with van der Waals surface area (Å²) in [5.74, 6) is 0.281. The molecule has 0 saturated carbocycles. The number of rotatable bonds is 2. The Labute approximate surface area is 92.8 Å². The molecule has 2 aromatic rings. The molecule has 4 heteroatoms. The van der Waals surface area contributed by atoms with E-state index in [-0.39, 0.29) is 5.97 Å². The van der Waals surface area contributed by atoms with Crippen molar-refractivity contribution in [1.82, 2.24) is 4.98 Å². The highest BCUT2D eigenvalue weighted by Gasteiger charge is 2.08. The zero-order valence-electron chi connectivity index (χ0n) is 9.06. The second kappa shape index (κ2) is 4.18. The monoisotopic (exact) mass is 217 g/mol. The summed E-state index contributed by atoms with van der Waals surface area (Å²) in [6.07, 6.45) is 3.34. The fourth-order valence-electron chi connectivity index (χ4n) is 1.54. The first-order chi connectivity index (χ1) is 7.76. The fraction of sp³-hybridized carbons (Fsp3) is 0.167. The molecule has 4 nitrogen and oxygen atoms in total. The maximum Gasteiger partial charge on any atom is 0.337 e. The molecule has 0 amide bonds. The zero-order chi connectivity index (χ0) is 11.5. The fourth-order valence-corrected chi connectivity index (χ4v) is 1.54. The Hall–Kier alpha value is -2.10. The Balaban J connectivity index is 2.63. The van der Waals surface area contributed by atoms with Crippen LogP contribution in [0.1, 0.15) is 10.4 Å². The summed E-state index contributed by atoms with van der Waals surface area (Å²) >= 11 is 0. The SMILES string of the molecule is COC(=O)c1ccc2cncc(OC)c2c1. The minimum absolute atomic E-state index is 0.360. The van der Waals surface area contributed by atoms with E-state index in [2.05, 4.69) is 9.72 Å². The lowest BCUT2D eigenvalue weighted by atomic mass is 10.1. The van der Waals surface area contributed by atoms with Crippen molar-refractivity contribution in [1.29, 1.82) is 0 Å². The molecule has 0 spiro atoms. The van der Waals surface area contributed by atoms with Crippen LogP contribution in [0.4, 0.5) is 0 Å². The number of aromatic nitrogens is 1. The molecular weight excluding hydrogens is 206 g/mol. The smallest absolute Gasteiger partial charge is 0.337 e. The summed E-state index contributed by atoms with van der Waals surface area (Å²) in [7, 11) is 2.93. The van der Waals surface area contributed by atoms with Crippen molar-refractivity contribution in [2.45, 2.75) is 0 Å². The third kappa shape index (κ3) is 1.69. The van der Waals surface area contributed by atoms with Crippen LogP contribution < -0.4 is 4.74 Å². The molecule has 0 atom stereocenters. The Morgan fingerprint density at radius 3 is 2.75 bits per heavy atom. The number of carbonyl (C=O) groups excluding carboxylic acids is 1. The maximum absolute atomic E-state index is 11.4. The quantitative estimate of drug-likeness (QED) is 0.722. The van der Waals surface area contributed by atoms with Crippen LogP contribution in [0.2, 0.25) is 0 Å². The summed E-state index contributed by atoms with van der Waals surface area (Å²) in [6, 6.07) is 5.26. The number of carbonyl (C=O) groups is 1. The number of fused-ring (bicyclic) bond motifs is 1. The predicted octanol–water partition coefficient (Wildman–Crippen LogP) is 2.03. The van der Waals surface area contributed by atoms with Crippen molar-refractivity contribution < 1.29 is 14.3 Å². The lowest BCUT2D eigenvalue weighted by Gasteiger charge is -2.05. The van der Waals surface area contributed by atoms with E-state index in [0.717, 1.165) is 10.8 Å². The first-order valence-corrected chi connectivity index (χ1v) is 4.76. The van der Waals surface area contributed by atoms with Crippen molar-refractivity contribution in [2.24, 2.45) is 0 Å². The van der Waals surface area contributed by atoms with Gasteiger partial charge in [-0.15, -0.1) is 0 Å². The average molecular weight is 217 g/mol. The number of pyridine rings is 1. The van der Waals surface area contributed by atoms with Gasteiger partial charge in [-0.3, -0.25) is 4.98 Å². The van der Waals surface area contributed by atoms with Crippen LogP contribution in [0.5, 0.6) is 5.75 Å². The van der Waals surface area contributed by atoms with Crippen LogP contribution in [0, 0.1) is 0 Å². The van der Waals surface area contributed by atoms with Crippen molar-refractivity contribution in [3.05, 3.63) is 36.2 Å². The number of nitrogens with zero attached hydrogens (tertiary/aromatic N) is 1. The van der Waals surface area contributed by atoms with Gasteiger partial charge in [0.15, 0.2) is 0 Å². The minimum Gasteiger partial charge on any atom is -0.494 e. The molecule has 82 valence electrons. The number of esters is 1. The molecule has 0 bridgehead atoms. The standard InChI is InChI=1S/C12H11NO3/c1-15-11-7-13-6-9-4-3-8(5-10(9)11)12(14)16-2/h3-7H,1-2H3. The van der Waals surface area contributed by atoms with Gasteiger partial charge >= 0.3 is 5.97 Å². The van der Waals surface area contributed by atoms with Crippen LogP contribution in [0.3, 0.4) is 0 Å². The molecule has 16 heavy (non-hydrogen) atoms. The molecule has 2 rings (SSSR count). The Morgan fingerprint density at radius 2 is 2.06 bits per heavy atom. The third-order valence-corrected chi connectivity index (χ3v) is 2.37. The largest absolute Gasteiger partial charge is 0.494 e. The topological polar surface area (TPSA) is 48.4 Å². The van der Waals surface area contributed by atoms with E-state index < -0.39 is 0 Å². The first kappa shape index (κ1) is 10.4. The molecular formula is C12H11NO3. The summed E-state index contributed by atoms with van der Waals surface area (Å²) in [5.41, 5.74) is 0.500. The maximum atomic E-state index is 11.4. The van der Waals surface area contributed by atoms with Gasteiger partial charge in [0.2, 0.25) is 0 Å². The number of hydrogen-bond acceptors (Lipinski definition) is 4. The van der Waals surface area contributed by atoms with E-state index in [9.17, 15) is 4.79 Å². The lowest BCUT2D eigenvalue weighted by Crippen LogP contribution is -2.00. The van der Waals surface area contributed by atoms with Gasteiger partial charge in [0.1, 0.15) is 5.75 Å². The predicted molar refractivity (Wildman–Crippen MR) is 59.6 cm³/mol. The molecule has 0 fully saturated rings. The minimum atomic E-state index is -0.360. The molecule has 0 aliphatic rings. The van der Waals surface area contributed by atoms with Crippen molar-refractivity contribution in [2.75, 3.05) is 14.2 Å².